The summed E-state index contributed by atoms with van der Waals surface area (Å²) in [5, 5.41) is 4.62. The van der Waals surface area contributed by atoms with Crippen LogP contribution < -0.4 is 11.1 Å². The summed E-state index contributed by atoms with van der Waals surface area (Å²) in [7, 11) is 0. The molecular formula is C12H11F2N3OS. The van der Waals surface area contributed by atoms with E-state index in [0.29, 0.717) is 16.4 Å². The lowest BCUT2D eigenvalue weighted by atomic mass is 10.1. The Labute approximate surface area is 112 Å². The van der Waals surface area contributed by atoms with Crippen LogP contribution in [0.5, 0.6) is 0 Å². The zero-order valence-corrected chi connectivity index (χ0v) is 10.6. The summed E-state index contributed by atoms with van der Waals surface area (Å²) in [6.07, 6.45) is 0.237. The highest BCUT2D eigenvalue weighted by Gasteiger charge is 2.09. The molecule has 0 unspecified atom stereocenters. The number of halogens is 2. The lowest BCUT2D eigenvalue weighted by molar-refractivity contribution is -0.114. The molecule has 0 aliphatic heterocycles. The van der Waals surface area contributed by atoms with E-state index in [4.69, 9.17) is 5.73 Å². The molecule has 2 rings (SSSR count). The zero-order valence-electron chi connectivity index (χ0n) is 9.82. The number of anilines is 1. The number of carbonyl (C=O) groups excluding carboxylic acids is 1. The monoisotopic (exact) mass is 283 g/mol. The van der Waals surface area contributed by atoms with Crippen LogP contribution in [0.25, 0.3) is 0 Å². The maximum atomic E-state index is 13.5. The Kier molecular flexibility index (Phi) is 4.18. The first-order valence-corrected chi connectivity index (χ1v) is 6.34. The normalized spacial score (nSPS) is 10.5. The van der Waals surface area contributed by atoms with Gasteiger partial charge in [0.05, 0.1) is 12.2 Å². The van der Waals surface area contributed by atoms with Crippen molar-refractivity contribution in [3.63, 3.8) is 0 Å². The van der Waals surface area contributed by atoms with Crippen molar-refractivity contribution in [3.8, 4) is 0 Å². The third kappa shape index (κ3) is 3.55. The molecule has 0 bridgehead atoms. The predicted octanol–water partition coefficient (Wildman–Crippen LogP) is 1.91. The van der Waals surface area contributed by atoms with Crippen LogP contribution in [0, 0.1) is 11.6 Å². The molecule has 1 heterocycles. The number of hydrogen-bond donors (Lipinski definition) is 2. The molecule has 1 aromatic heterocycles. The quantitative estimate of drug-likeness (QED) is 0.900. The lowest BCUT2D eigenvalue weighted by Crippen LogP contribution is -2.21. The van der Waals surface area contributed by atoms with Crippen molar-refractivity contribution in [1.82, 2.24) is 4.98 Å². The van der Waals surface area contributed by atoms with Gasteiger partial charge in [-0.15, -0.1) is 11.3 Å². The van der Waals surface area contributed by atoms with Gasteiger partial charge < -0.3 is 11.1 Å². The van der Waals surface area contributed by atoms with Crippen molar-refractivity contribution < 1.29 is 13.6 Å². The molecule has 1 aromatic carbocycles. The Bertz CT molecular complexity index is 600. The summed E-state index contributed by atoms with van der Waals surface area (Å²) in [4.78, 5) is 15.2. The fourth-order valence-corrected chi connectivity index (χ4v) is 2.20. The van der Waals surface area contributed by atoms with Crippen LogP contribution in [-0.4, -0.2) is 17.4 Å². The molecule has 4 nitrogen and oxygen atoms in total. The van der Waals surface area contributed by atoms with Crippen molar-refractivity contribution in [2.24, 2.45) is 5.73 Å². The van der Waals surface area contributed by atoms with Crippen molar-refractivity contribution in [2.75, 3.05) is 11.9 Å². The third-order valence-electron chi connectivity index (χ3n) is 2.37. The number of carbonyl (C=O) groups is 1. The van der Waals surface area contributed by atoms with Crippen LogP contribution in [0.4, 0.5) is 13.9 Å². The molecule has 0 spiro atoms. The van der Waals surface area contributed by atoms with Gasteiger partial charge >= 0.3 is 0 Å². The number of nitrogens with one attached hydrogen (secondary N) is 1. The Morgan fingerprint density at radius 1 is 1.42 bits per heavy atom. The van der Waals surface area contributed by atoms with Gasteiger partial charge in [0.1, 0.15) is 11.6 Å². The summed E-state index contributed by atoms with van der Waals surface area (Å²) in [5.74, 6) is -1.56. The van der Waals surface area contributed by atoms with E-state index in [1.54, 1.807) is 5.38 Å². The molecule has 0 radical (unpaired) electrons. The molecule has 19 heavy (non-hydrogen) atoms. The topological polar surface area (TPSA) is 68.0 Å². The Balaban J connectivity index is 2.09. The van der Waals surface area contributed by atoms with Crippen molar-refractivity contribution >= 4 is 22.4 Å². The van der Waals surface area contributed by atoms with Gasteiger partial charge in [0.25, 0.3) is 0 Å². The number of amides is 1. The second-order valence-electron chi connectivity index (χ2n) is 3.81. The van der Waals surface area contributed by atoms with E-state index in [-0.39, 0.29) is 18.9 Å². The average Bonchev–Trinajstić information content (AvgIpc) is 2.80. The maximum Gasteiger partial charge on any atom is 0.239 e. The van der Waals surface area contributed by atoms with Crippen LogP contribution in [0.2, 0.25) is 0 Å². The first-order chi connectivity index (χ1) is 9.08. The van der Waals surface area contributed by atoms with Crippen molar-refractivity contribution in [1.29, 1.82) is 0 Å². The maximum absolute atomic E-state index is 13.5. The average molecular weight is 283 g/mol. The number of rotatable bonds is 4. The zero-order chi connectivity index (χ0) is 13.8. The van der Waals surface area contributed by atoms with Gasteiger partial charge in [-0.05, 0) is 11.6 Å². The first-order valence-electron chi connectivity index (χ1n) is 5.46. The number of hydrogen-bond acceptors (Lipinski definition) is 4. The molecule has 100 valence electrons. The summed E-state index contributed by atoms with van der Waals surface area (Å²) in [6.45, 7) is -0.124. The highest BCUT2D eigenvalue weighted by molar-refractivity contribution is 7.13. The Morgan fingerprint density at radius 2 is 2.21 bits per heavy atom. The molecule has 0 saturated carbocycles. The summed E-state index contributed by atoms with van der Waals surface area (Å²) < 4.78 is 26.2. The molecule has 0 fully saturated rings. The van der Waals surface area contributed by atoms with Crippen LogP contribution in [0.3, 0.4) is 0 Å². The second-order valence-corrected chi connectivity index (χ2v) is 4.67. The minimum absolute atomic E-state index is 0.124. The fourth-order valence-electron chi connectivity index (χ4n) is 1.48. The third-order valence-corrected chi connectivity index (χ3v) is 3.18. The number of aromatic nitrogens is 1. The number of thiazole rings is 1. The molecule has 0 aliphatic carbocycles. The van der Waals surface area contributed by atoms with Crippen LogP contribution in [-0.2, 0) is 11.2 Å². The lowest BCUT2D eigenvalue weighted by Gasteiger charge is -2.01. The number of nitrogens with two attached hydrogens (primary N) is 1. The first kappa shape index (κ1) is 13.6. The minimum atomic E-state index is -0.615. The van der Waals surface area contributed by atoms with E-state index in [1.807, 2.05) is 0 Å². The molecule has 0 saturated heterocycles. The number of nitrogens with zero attached hydrogens (tertiary/aromatic N) is 1. The molecule has 0 atom stereocenters. The van der Waals surface area contributed by atoms with Crippen LogP contribution in [0.15, 0.2) is 23.6 Å². The Morgan fingerprint density at radius 3 is 2.89 bits per heavy atom. The summed E-state index contributed by atoms with van der Waals surface area (Å²) in [6, 6.07) is 3.41. The van der Waals surface area contributed by atoms with E-state index in [9.17, 15) is 13.6 Å². The van der Waals surface area contributed by atoms with E-state index in [2.05, 4.69) is 10.3 Å². The van der Waals surface area contributed by atoms with E-state index in [0.717, 1.165) is 6.07 Å². The van der Waals surface area contributed by atoms with Crippen LogP contribution >= 0.6 is 11.3 Å². The van der Waals surface area contributed by atoms with Gasteiger partial charge in [-0.3, -0.25) is 4.79 Å². The van der Waals surface area contributed by atoms with Gasteiger partial charge in [0.2, 0.25) is 5.91 Å². The van der Waals surface area contributed by atoms with E-state index < -0.39 is 11.6 Å². The highest BCUT2D eigenvalue weighted by Crippen LogP contribution is 2.19. The van der Waals surface area contributed by atoms with Gasteiger partial charge in [-0.25, -0.2) is 13.8 Å². The molecule has 7 heteroatoms. The van der Waals surface area contributed by atoms with E-state index in [1.165, 1.54) is 23.5 Å². The number of benzene rings is 1. The van der Waals surface area contributed by atoms with Crippen LogP contribution in [0.1, 0.15) is 11.3 Å². The van der Waals surface area contributed by atoms with Gasteiger partial charge in [-0.1, -0.05) is 6.07 Å². The summed E-state index contributed by atoms with van der Waals surface area (Å²) in [5.41, 5.74) is 6.11. The second kappa shape index (κ2) is 5.85. The standard InChI is InChI=1S/C12H11F2N3OS/c13-8-2-1-7(10(14)4-8)3-9-6-19-12(16-9)17-11(18)5-15/h1-2,4,6H,3,5,15H2,(H,16,17,18). The molecule has 0 aliphatic rings. The summed E-state index contributed by atoms with van der Waals surface area (Å²) >= 11 is 1.23. The fraction of sp³-hybridized carbons (Fsp3) is 0.167. The van der Waals surface area contributed by atoms with Crippen molar-refractivity contribution in [3.05, 3.63) is 46.5 Å². The SMILES string of the molecule is NCC(=O)Nc1nc(Cc2ccc(F)cc2F)cs1. The Hall–Kier alpha value is -1.86. The molecule has 3 N–H and O–H groups in total. The van der Waals surface area contributed by atoms with Gasteiger partial charge in [-0.2, -0.15) is 0 Å². The molecule has 2 aromatic rings. The molecule has 1 amide bonds. The molecular weight excluding hydrogens is 272 g/mol. The predicted molar refractivity (Wildman–Crippen MR) is 69.0 cm³/mol. The largest absolute Gasteiger partial charge is 0.322 e. The smallest absolute Gasteiger partial charge is 0.239 e. The minimum Gasteiger partial charge on any atom is -0.322 e. The van der Waals surface area contributed by atoms with Crippen molar-refractivity contribution in [2.45, 2.75) is 6.42 Å². The highest BCUT2D eigenvalue weighted by atomic mass is 32.1. The van der Waals surface area contributed by atoms with Gasteiger partial charge in [0, 0.05) is 17.9 Å². The van der Waals surface area contributed by atoms with E-state index >= 15 is 0 Å². The van der Waals surface area contributed by atoms with Gasteiger partial charge in [0.15, 0.2) is 5.13 Å².